The second-order valence-electron chi connectivity index (χ2n) is 1.56. The maximum atomic E-state index is 11.7. The lowest BCUT2D eigenvalue weighted by molar-refractivity contribution is 0.146. The fourth-order valence-electron chi connectivity index (χ4n) is 0.505. The van der Waals surface area contributed by atoms with Gasteiger partial charge in [0, 0.05) is 6.20 Å². The predicted molar refractivity (Wildman–Crippen MR) is 29.2 cm³/mol. The van der Waals surface area contributed by atoms with E-state index < -0.39 is 6.43 Å². The van der Waals surface area contributed by atoms with E-state index in [4.69, 9.17) is 0 Å². The minimum absolute atomic E-state index is 0.169. The summed E-state index contributed by atoms with van der Waals surface area (Å²) in [6.07, 6.45) is -1.10. The second kappa shape index (κ2) is 2.53. The number of nitrogens with zero attached hydrogens (tertiary/aromatic N) is 1. The Morgan fingerprint density at radius 3 is 2.44 bits per heavy atom. The summed E-state index contributed by atoms with van der Waals surface area (Å²) < 4.78 is 23.4. The Kier molecular flexibility index (Phi) is 1.72. The molecule has 0 unspecified atom stereocenters. The monoisotopic (exact) mass is 129 g/mol. The van der Waals surface area contributed by atoms with E-state index in [1.807, 2.05) is 0 Å². The van der Waals surface area contributed by atoms with Crippen molar-refractivity contribution in [1.82, 2.24) is 4.98 Å². The van der Waals surface area contributed by atoms with Crippen molar-refractivity contribution in [2.75, 3.05) is 0 Å². The van der Waals surface area contributed by atoms with Crippen LogP contribution in [0.2, 0.25) is 0 Å². The molecule has 1 aromatic heterocycles. The molecule has 3 heteroatoms. The molecule has 0 aliphatic carbocycles. The van der Waals surface area contributed by atoms with Gasteiger partial charge in [0.2, 0.25) is 0 Å². The van der Waals surface area contributed by atoms with Crippen molar-refractivity contribution in [2.45, 2.75) is 6.43 Å². The van der Waals surface area contributed by atoms with E-state index in [-0.39, 0.29) is 5.69 Å². The van der Waals surface area contributed by atoms with E-state index in [9.17, 15) is 8.78 Å². The quantitative estimate of drug-likeness (QED) is 0.565. The van der Waals surface area contributed by atoms with Gasteiger partial charge in [0.25, 0.3) is 6.43 Å². The molecule has 0 radical (unpaired) electrons. The molecular weight excluding hydrogens is 124 g/mol. The third kappa shape index (κ3) is 1.45. The van der Waals surface area contributed by atoms with Gasteiger partial charge in [0.15, 0.2) is 0 Å². The molecule has 0 aromatic carbocycles. The van der Waals surface area contributed by atoms with Gasteiger partial charge in [-0.05, 0) is 12.1 Å². The minimum Gasteiger partial charge on any atom is -0.255 e. The van der Waals surface area contributed by atoms with E-state index in [1.54, 1.807) is 6.07 Å². The standard InChI is InChI=1S/C6H5F2N/c7-6(8)5-3-1-2-4-9-5/h1-4,6H. The van der Waals surface area contributed by atoms with Gasteiger partial charge in [0.05, 0.1) is 0 Å². The van der Waals surface area contributed by atoms with Crippen LogP contribution in [0.3, 0.4) is 0 Å². The summed E-state index contributed by atoms with van der Waals surface area (Å²) in [5, 5.41) is 0. The lowest BCUT2D eigenvalue weighted by atomic mass is 10.4. The summed E-state index contributed by atoms with van der Waals surface area (Å²) in [7, 11) is 0. The topological polar surface area (TPSA) is 12.9 Å². The Bertz CT molecular complexity index is 174. The second-order valence-corrected chi connectivity index (χ2v) is 1.56. The van der Waals surface area contributed by atoms with Crippen LogP contribution in [0.1, 0.15) is 12.1 Å². The zero-order valence-electron chi connectivity index (χ0n) is 4.59. The fourth-order valence-corrected chi connectivity index (χ4v) is 0.505. The highest BCUT2D eigenvalue weighted by atomic mass is 19.3. The minimum atomic E-state index is -2.45. The Labute approximate surface area is 51.3 Å². The number of alkyl halides is 2. The first kappa shape index (κ1) is 6.13. The lowest BCUT2D eigenvalue weighted by Gasteiger charge is -1.93. The van der Waals surface area contributed by atoms with Crippen LogP contribution < -0.4 is 0 Å². The molecule has 1 aromatic rings. The van der Waals surface area contributed by atoms with Crippen molar-refractivity contribution < 1.29 is 8.78 Å². The number of aromatic nitrogens is 1. The maximum absolute atomic E-state index is 11.7. The third-order valence-electron chi connectivity index (χ3n) is 0.911. The molecule has 0 aliphatic heterocycles. The average Bonchev–Trinajstić information content (AvgIpc) is 1.90. The SMILES string of the molecule is FC(F)c1ccccn1. The first-order valence-corrected chi connectivity index (χ1v) is 2.50. The van der Waals surface area contributed by atoms with E-state index in [0.29, 0.717) is 0 Å². The largest absolute Gasteiger partial charge is 0.280 e. The zero-order valence-corrected chi connectivity index (χ0v) is 4.59. The Balaban J connectivity index is 2.85. The van der Waals surface area contributed by atoms with Crippen molar-refractivity contribution in [3.05, 3.63) is 30.1 Å². The summed E-state index contributed by atoms with van der Waals surface area (Å²) in [6.45, 7) is 0. The van der Waals surface area contributed by atoms with E-state index in [1.165, 1.54) is 18.3 Å². The molecule has 1 nitrogen and oxygen atoms in total. The van der Waals surface area contributed by atoms with Crippen LogP contribution in [0.25, 0.3) is 0 Å². The van der Waals surface area contributed by atoms with Crippen LogP contribution in [0, 0.1) is 0 Å². The smallest absolute Gasteiger partial charge is 0.255 e. The summed E-state index contributed by atoms with van der Waals surface area (Å²) in [5.41, 5.74) is -0.169. The number of halogens is 2. The Morgan fingerprint density at radius 1 is 1.33 bits per heavy atom. The average molecular weight is 129 g/mol. The third-order valence-corrected chi connectivity index (χ3v) is 0.911. The molecule has 1 rings (SSSR count). The summed E-state index contributed by atoms with van der Waals surface area (Å²) in [6, 6.07) is 4.44. The molecule has 0 saturated heterocycles. The highest BCUT2D eigenvalue weighted by Gasteiger charge is 2.04. The Morgan fingerprint density at radius 2 is 2.11 bits per heavy atom. The van der Waals surface area contributed by atoms with Gasteiger partial charge >= 0.3 is 0 Å². The van der Waals surface area contributed by atoms with Crippen LogP contribution >= 0.6 is 0 Å². The highest BCUT2D eigenvalue weighted by Crippen LogP contribution is 2.13. The molecule has 48 valence electrons. The maximum Gasteiger partial charge on any atom is 0.280 e. The molecule has 0 fully saturated rings. The number of pyridine rings is 1. The Hall–Kier alpha value is -0.990. The molecule has 0 amide bonds. The van der Waals surface area contributed by atoms with Crippen molar-refractivity contribution >= 4 is 0 Å². The fraction of sp³-hybridized carbons (Fsp3) is 0.167. The molecule has 0 atom stereocenters. The van der Waals surface area contributed by atoms with Gasteiger partial charge in [0.1, 0.15) is 5.69 Å². The van der Waals surface area contributed by atoms with Gasteiger partial charge in [-0.15, -0.1) is 0 Å². The van der Waals surface area contributed by atoms with Crippen molar-refractivity contribution in [1.29, 1.82) is 0 Å². The molecule has 1 heterocycles. The van der Waals surface area contributed by atoms with Crippen LogP contribution in [0.15, 0.2) is 24.4 Å². The summed E-state index contributed by atoms with van der Waals surface area (Å²) in [4.78, 5) is 3.43. The van der Waals surface area contributed by atoms with Crippen LogP contribution in [-0.4, -0.2) is 4.98 Å². The van der Waals surface area contributed by atoms with E-state index in [0.717, 1.165) is 0 Å². The number of rotatable bonds is 1. The molecule has 0 bridgehead atoms. The van der Waals surface area contributed by atoms with Gasteiger partial charge < -0.3 is 0 Å². The van der Waals surface area contributed by atoms with Gasteiger partial charge in [-0.3, -0.25) is 4.98 Å². The van der Waals surface area contributed by atoms with Crippen LogP contribution in [0.4, 0.5) is 8.78 Å². The molecule has 0 saturated carbocycles. The highest BCUT2D eigenvalue weighted by molar-refractivity contribution is 5.03. The molecule has 0 N–H and O–H groups in total. The summed E-state index contributed by atoms with van der Waals surface area (Å²) >= 11 is 0. The first-order chi connectivity index (χ1) is 4.30. The van der Waals surface area contributed by atoms with Gasteiger partial charge in [-0.25, -0.2) is 8.78 Å². The van der Waals surface area contributed by atoms with Crippen molar-refractivity contribution in [2.24, 2.45) is 0 Å². The zero-order chi connectivity index (χ0) is 6.69. The van der Waals surface area contributed by atoms with Gasteiger partial charge in [-0.2, -0.15) is 0 Å². The number of hydrogen-bond acceptors (Lipinski definition) is 1. The first-order valence-electron chi connectivity index (χ1n) is 2.50. The van der Waals surface area contributed by atoms with E-state index >= 15 is 0 Å². The molecular formula is C6H5F2N. The summed E-state index contributed by atoms with van der Waals surface area (Å²) in [5.74, 6) is 0. The van der Waals surface area contributed by atoms with Crippen molar-refractivity contribution in [3.8, 4) is 0 Å². The van der Waals surface area contributed by atoms with Gasteiger partial charge in [-0.1, -0.05) is 6.07 Å². The molecule has 0 aliphatic rings. The normalized spacial score (nSPS) is 10.1. The van der Waals surface area contributed by atoms with E-state index in [2.05, 4.69) is 4.98 Å². The molecule has 0 spiro atoms. The predicted octanol–water partition coefficient (Wildman–Crippen LogP) is 2.02. The number of hydrogen-bond donors (Lipinski definition) is 0. The lowest BCUT2D eigenvalue weighted by Crippen LogP contribution is -1.85. The van der Waals surface area contributed by atoms with Crippen LogP contribution in [0.5, 0.6) is 0 Å². The van der Waals surface area contributed by atoms with Crippen molar-refractivity contribution in [3.63, 3.8) is 0 Å². The molecule has 9 heavy (non-hydrogen) atoms. The van der Waals surface area contributed by atoms with Crippen LogP contribution in [-0.2, 0) is 0 Å².